The summed E-state index contributed by atoms with van der Waals surface area (Å²) in [6.45, 7) is 3.78. The normalized spacial score (nSPS) is 15.7. The third kappa shape index (κ3) is 4.38. The molecule has 0 saturated carbocycles. The Morgan fingerprint density at radius 3 is 2.58 bits per heavy atom. The summed E-state index contributed by atoms with van der Waals surface area (Å²) in [7, 11) is 4.87. The molecule has 2 aliphatic heterocycles. The van der Waals surface area contributed by atoms with Crippen LogP contribution in [-0.2, 0) is 13.0 Å². The minimum absolute atomic E-state index is 0.152. The molecule has 0 amide bonds. The largest absolute Gasteiger partial charge is 0.497 e. The van der Waals surface area contributed by atoms with E-state index in [9.17, 15) is 4.79 Å². The van der Waals surface area contributed by atoms with Gasteiger partial charge in [0.2, 0.25) is 5.78 Å². The summed E-state index contributed by atoms with van der Waals surface area (Å²) in [4.78, 5) is 15.6. The number of allylic oxidation sites excluding steroid dienone is 1. The number of carbonyl (C=O) groups excluding carboxylic acids is 1. The molecule has 7 nitrogen and oxygen atoms in total. The number of carbonyl (C=O) groups is 1. The SMILES string of the molecule is COc1ccc(OC)c(/C=C2\Oc3c4c(cc(C)c3C2=O)OCN(CCc2ccccc2OC)C4)c1. The van der Waals surface area contributed by atoms with E-state index in [0.717, 1.165) is 41.2 Å². The maximum absolute atomic E-state index is 13.4. The van der Waals surface area contributed by atoms with Gasteiger partial charge in [0, 0.05) is 18.7 Å². The molecule has 0 N–H and O–H groups in total. The summed E-state index contributed by atoms with van der Waals surface area (Å²) in [5, 5.41) is 0. The molecule has 5 rings (SSSR count). The molecule has 2 heterocycles. The predicted octanol–water partition coefficient (Wildman–Crippen LogP) is 5.03. The molecule has 0 atom stereocenters. The van der Waals surface area contributed by atoms with E-state index in [1.165, 1.54) is 0 Å². The van der Waals surface area contributed by atoms with Crippen LogP contribution in [0.2, 0.25) is 0 Å². The monoisotopic (exact) mass is 487 g/mol. The first-order chi connectivity index (χ1) is 17.5. The lowest BCUT2D eigenvalue weighted by Crippen LogP contribution is -2.34. The van der Waals surface area contributed by atoms with Crippen molar-refractivity contribution in [2.24, 2.45) is 0 Å². The molecule has 3 aromatic carbocycles. The fraction of sp³-hybridized carbons (Fsp3) is 0.276. The van der Waals surface area contributed by atoms with E-state index in [2.05, 4.69) is 11.0 Å². The highest BCUT2D eigenvalue weighted by atomic mass is 16.5. The lowest BCUT2D eigenvalue weighted by molar-refractivity contribution is 0.0947. The summed E-state index contributed by atoms with van der Waals surface area (Å²) in [5.74, 6) is 3.60. The van der Waals surface area contributed by atoms with E-state index in [1.54, 1.807) is 33.5 Å². The van der Waals surface area contributed by atoms with Gasteiger partial charge in [-0.25, -0.2) is 0 Å². The lowest BCUT2D eigenvalue weighted by atomic mass is 9.98. The van der Waals surface area contributed by atoms with Gasteiger partial charge in [-0.3, -0.25) is 9.69 Å². The number of rotatable bonds is 7. The number of methoxy groups -OCH3 is 3. The topological polar surface area (TPSA) is 66.5 Å². The Hall–Kier alpha value is -3.97. The number of aryl methyl sites for hydroxylation is 1. The van der Waals surface area contributed by atoms with E-state index in [1.807, 2.05) is 43.3 Å². The van der Waals surface area contributed by atoms with Crippen LogP contribution in [0.3, 0.4) is 0 Å². The Morgan fingerprint density at radius 1 is 1.00 bits per heavy atom. The first-order valence-corrected chi connectivity index (χ1v) is 11.8. The number of Topliss-reactive ketones (excluding diaryl/α,β-unsaturated/α-hetero) is 1. The summed E-state index contributed by atoms with van der Waals surface area (Å²) >= 11 is 0. The summed E-state index contributed by atoms with van der Waals surface area (Å²) < 4.78 is 28.6. The van der Waals surface area contributed by atoms with E-state index < -0.39 is 0 Å². The van der Waals surface area contributed by atoms with Crippen LogP contribution in [-0.4, -0.2) is 45.3 Å². The van der Waals surface area contributed by atoms with Crippen molar-refractivity contribution in [1.82, 2.24) is 4.90 Å². The number of hydrogen-bond acceptors (Lipinski definition) is 7. The Kier molecular flexibility index (Phi) is 6.57. The molecular formula is C29H29NO6. The average molecular weight is 488 g/mol. The fourth-order valence-corrected chi connectivity index (χ4v) is 4.70. The van der Waals surface area contributed by atoms with E-state index in [-0.39, 0.29) is 11.5 Å². The molecule has 7 heteroatoms. The number of benzene rings is 3. The van der Waals surface area contributed by atoms with Gasteiger partial charge in [0.05, 0.1) is 32.5 Å². The summed E-state index contributed by atoms with van der Waals surface area (Å²) in [6.07, 6.45) is 2.52. The molecule has 3 aromatic rings. The highest BCUT2D eigenvalue weighted by molar-refractivity contribution is 6.16. The Morgan fingerprint density at radius 2 is 1.81 bits per heavy atom. The van der Waals surface area contributed by atoms with Crippen molar-refractivity contribution >= 4 is 11.9 Å². The zero-order valence-electron chi connectivity index (χ0n) is 20.9. The van der Waals surface area contributed by atoms with Crippen LogP contribution in [0.15, 0.2) is 54.3 Å². The van der Waals surface area contributed by atoms with Crippen molar-refractivity contribution in [3.8, 4) is 28.7 Å². The molecule has 0 spiro atoms. The molecule has 0 aromatic heterocycles. The van der Waals surface area contributed by atoms with Crippen molar-refractivity contribution < 1.29 is 28.5 Å². The Labute approximate surface area is 210 Å². The second-order valence-corrected chi connectivity index (χ2v) is 8.81. The van der Waals surface area contributed by atoms with Gasteiger partial charge < -0.3 is 23.7 Å². The van der Waals surface area contributed by atoms with Crippen LogP contribution in [0.5, 0.6) is 28.7 Å². The van der Waals surface area contributed by atoms with Crippen LogP contribution >= 0.6 is 0 Å². The number of para-hydroxylation sites is 1. The van der Waals surface area contributed by atoms with Gasteiger partial charge in [0.25, 0.3) is 0 Å². The zero-order chi connectivity index (χ0) is 25.2. The molecule has 0 fully saturated rings. The van der Waals surface area contributed by atoms with Crippen LogP contribution in [0.25, 0.3) is 6.08 Å². The van der Waals surface area contributed by atoms with Gasteiger partial charge in [-0.2, -0.15) is 0 Å². The molecule has 0 aliphatic carbocycles. The maximum atomic E-state index is 13.4. The standard InChI is InChI=1S/C29H29NO6/c1-18-13-25-22(16-30(17-35-25)12-11-19-7-5-6-8-23(19)33-3)29-27(18)28(31)26(36-29)15-20-14-21(32-2)9-10-24(20)34-4/h5-10,13-15H,11-12,16-17H2,1-4H3/b26-15-. The quantitative estimate of drug-likeness (QED) is 0.433. The third-order valence-corrected chi connectivity index (χ3v) is 6.60. The molecule has 0 unspecified atom stereocenters. The molecule has 0 radical (unpaired) electrons. The number of ketones is 1. The van der Waals surface area contributed by atoms with Gasteiger partial charge in [-0.1, -0.05) is 18.2 Å². The van der Waals surface area contributed by atoms with Crippen molar-refractivity contribution in [2.75, 3.05) is 34.6 Å². The van der Waals surface area contributed by atoms with E-state index in [4.69, 9.17) is 23.7 Å². The molecule has 0 bridgehead atoms. The first kappa shape index (κ1) is 23.8. The van der Waals surface area contributed by atoms with Crippen LogP contribution in [0.4, 0.5) is 0 Å². The van der Waals surface area contributed by atoms with Gasteiger partial charge in [0.15, 0.2) is 5.76 Å². The van der Waals surface area contributed by atoms with Gasteiger partial charge in [-0.15, -0.1) is 0 Å². The number of fused-ring (bicyclic) bond motifs is 3. The van der Waals surface area contributed by atoms with Gasteiger partial charge >= 0.3 is 0 Å². The second-order valence-electron chi connectivity index (χ2n) is 8.81. The number of hydrogen-bond donors (Lipinski definition) is 0. The van der Waals surface area contributed by atoms with Gasteiger partial charge in [0.1, 0.15) is 35.5 Å². The highest BCUT2D eigenvalue weighted by Gasteiger charge is 2.35. The first-order valence-electron chi connectivity index (χ1n) is 11.8. The summed E-state index contributed by atoms with van der Waals surface area (Å²) in [5.41, 5.74) is 4.14. The smallest absolute Gasteiger partial charge is 0.232 e. The minimum Gasteiger partial charge on any atom is -0.497 e. The Bertz CT molecular complexity index is 1350. The lowest BCUT2D eigenvalue weighted by Gasteiger charge is -2.30. The van der Waals surface area contributed by atoms with E-state index >= 15 is 0 Å². The fourth-order valence-electron chi connectivity index (χ4n) is 4.70. The number of ether oxygens (including phenoxy) is 5. The van der Waals surface area contributed by atoms with Crippen LogP contribution in [0, 0.1) is 6.92 Å². The second kappa shape index (κ2) is 9.95. The summed E-state index contributed by atoms with van der Waals surface area (Å²) in [6, 6.07) is 15.4. The van der Waals surface area contributed by atoms with Crippen LogP contribution < -0.4 is 23.7 Å². The predicted molar refractivity (Wildman–Crippen MR) is 136 cm³/mol. The molecule has 186 valence electrons. The third-order valence-electron chi connectivity index (χ3n) is 6.60. The van der Waals surface area contributed by atoms with Crippen LogP contribution in [0.1, 0.15) is 32.6 Å². The van der Waals surface area contributed by atoms with E-state index in [0.29, 0.717) is 41.7 Å². The highest BCUT2D eigenvalue weighted by Crippen LogP contribution is 2.44. The van der Waals surface area contributed by atoms with Gasteiger partial charge in [-0.05, 0) is 60.9 Å². The Balaban J connectivity index is 1.42. The van der Waals surface area contributed by atoms with Crippen molar-refractivity contribution in [3.05, 3.63) is 82.1 Å². The molecular weight excluding hydrogens is 458 g/mol. The molecule has 2 aliphatic rings. The van der Waals surface area contributed by atoms with Crippen molar-refractivity contribution in [1.29, 1.82) is 0 Å². The minimum atomic E-state index is -0.152. The molecule has 36 heavy (non-hydrogen) atoms. The maximum Gasteiger partial charge on any atom is 0.232 e. The average Bonchev–Trinajstić information content (AvgIpc) is 3.24. The van der Waals surface area contributed by atoms with Crippen molar-refractivity contribution in [3.63, 3.8) is 0 Å². The molecule has 0 saturated heterocycles. The zero-order valence-corrected chi connectivity index (χ0v) is 20.9. The van der Waals surface area contributed by atoms with Crippen molar-refractivity contribution in [2.45, 2.75) is 19.9 Å². The number of nitrogens with zero attached hydrogens (tertiary/aromatic N) is 1.